The highest BCUT2D eigenvalue weighted by atomic mass is 15.1. The Morgan fingerprint density at radius 3 is 2.12 bits per heavy atom. The van der Waals surface area contributed by atoms with E-state index in [1.807, 2.05) is 12.3 Å². The van der Waals surface area contributed by atoms with Crippen LogP contribution in [0.5, 0.6) is 0 Å². The first-order valence-corrected chi connectivity index (χ1v) is 8.49. The Morgan fingerprint density at radius 2 is 1.44 bits per heavy atom. The van der Waals surface area contributed by atoms with Gasteiger partial charge in [-0.05, 0) is 49.2 Å². The second-order valence-electron chi connectivity index (χ2n) is 6.19. The smallest absolute Gasteiger partial charge is 0.0527 e. The van der Waals surface area contributed by atoms with Crippen LogP contribution in [0.3, 0.4) is 0 Å². The van der Waals surface area contributed by atoms with Gasteiger partial charge in [0.05, 0.1) is 5.69 Å². The highest BCUT2D eigenvalue weighted by Gasteiger charge is 2.09. The van der Waals surface area contributed by atoms with Crippen LogP contribution in [0.4, 0.5) is 11.4 Å². The van der Waals surface area contributed by atoms with Crippen LogP contribution >= 0.6 is 0 Å². The molecule has 3 aromatic carbocycles. The normalized spacial score (nSPS) is 10.8. The van der Waals surface area contributed by atoms with Crippen LogP contribution in [0.2, 0.25) is 0 Å². The number of benzene rings is 3. The zero-order valence-corrected chi connectivity index (χ0v) is 14.8. The van der Waals surface area contributed by atoms with Gasteiger partial charge in [-0.3, -0.25) is 0 Å². The molecule has 0 amide bonds. The summed E-state index contributed by atoms with van der Waals surface area (Å²) in [5, 5.41) is 0. The standard InChI is InChI=1S/C24H23N/c1-4-25(23-15-10-19(2)11-16-23)24-17-12-20(3)18-22(24)14-13-21-8-6-5-7-9-21/h4-18H,1H2,2-3H3. The van der Waals surface area contributed by atoms with Crippen molar-refractivity contribution in [2.45, 2.75) is 13.8 Å². The number of hydrogen-bond acceptors (Lipinski definition) is 1. The molecule has 0 N–H and O–H groups in total. The van der Waals surface area contributed by atoms with Gasteiger partial charge in [-0.15, -0.1) is 0 Å². The molecular formula is C24H23N. The van der Waals surface area contributed by atoms with Crippen LogP contribution in [-0.4, -0.2) is 0 Å². The largest absolute Gasteiger partial charge is 0.317 e. The van der Waals surface area contributed by atoms with Crippen LogP contribution in [0.1, 0.15) is 22.3 Å². The van der Waals surface area contributed by atoms with Crippen molar-refractivity contribution in [3.8, 4) is 0 Å². The molecule has 0 aliphatic heterocycles. The molecule has 0 saturated heterocycles. The summed E-state index contributed by atoms with van der Waals surface area (Å²) in [7, 11) is 0. The molecule has 0 unspecified atom stereocenters. The molecule has 0 aliphatic carbocycles. The average molecular weight is 325 g/mol. The number of anilines is 2. The minimum atomic E-state index is 1.11. The second kappa shape index (κ2) is 7.67. The Balaban J connectivity index is 2.01. The first kappa shape index (κ1) is 16.8. The number of rotatable bonds is 5. The molecule has 124 valence electrons. The fourth-order valence-corrected chi connectivity index (χ4v) is 2.83. The maximum atomic E-state index is 4.02. The van der Waals surface area contributed by atoms with E-state index in [-0.39, 0.29) is 0 Å². The van der Waals surface area contributed by atoms with Crippen molar-refractivity contribution in [1.82, 2.24) is 0 Å². The zero-order valence-electron chi connectivity index (χ0n) is 14.8. The van der Waals surface area contributed by atoms with E-state index in [1.54, 1.807) is 0 Å². The van der Waals surface area contributed by atoms with Crippen LogP contribution in [0, 0.1) is 13.8 Å². The van der Waals surface area contributed by atoms with Crippen molar-refractivity contribution in [2.75, 3.05) is 4.90 Å². The first-order valence-electron chi connectivity index (χ1n) is 8.49. The predicted octanol–water partition coefficient (Wildman–Crippen LogP) is 6.76. The van der Waals surface area contributed by atoms with E-state index in [9.17, 15) is 0 Å². The summed E-state index contributed by atoms with van der Waals surface area (Å²) in [5.74, 6) is 0. The lowest BCUT2D eigenvalue weighted by molar-refractivity contribution is 1.26. The summed E-state index contributed by atoms with van der Waals surface area (Å²) < 4.78 is 0. The number of hydrogen-bond donors (Lipinski definition) is 0. The molecule has 3 aromatic rings. The minimum absolute atomic E-state index is 1.11. The summed E-state index contributed by atoms with van der Waals surface area (Å²) in [6, 6.07) is 25.4. The summed E-state index contributed by atoms with van der Waals surface area (Å²) in [6.45, 7) is 8.24. The Morgan fingerprint density at radius 1 is 0.760 bits per heavy atom. The molecule has 0 aromatic heterocycles. The minimum Gasteiger partial charge on any atom is -0.317 e. The average Bonchev–Trinajstić information content (AvgIpc) is 2.64. The summed E-state index contributed by atoms with van der Waals surface area (Å²) >= 11 is 0. The monoisotopic (exact) mass is 325 g/mol. The van der Waals surface area contributed by atoms with Crippen LogP contribution in [-0.2, 0) is 0 Å². The summed E-state index contributed by atoms with van der Waals surface area (Å²) in [4.78, 5) is 2.13. The third-order valence-corrected chi connectivity index (χ3v) is 4.19. The Kier molecular flexibility index (Phi) is 5.15. The van der Waals surface area contributed by atoms with Gasteiger partial charge in [0.1, 0.15) is 0 Å². The van der Waals surface area contributed by atoms with E-state index in [4.69, 9.17) is 0 Å². The van der Waals surface area contributed by atoms with Gasteiger partial charge in [0.25, 0.3) is 0 Å². The maximum Gasteiger partial charge on any atom is 0.0527 e. The second-order valence-corrected chi connectivity index (χ2v) is 6.19. The molecule has 0 aliphatic rings. The van der Waals surface area contributed by atoms with Gasteiger partial charge < -0.3 is 4.90 Å². The molecular weight excluding hydrogens is 302 g/mol. The van der Waals surface area contributed by atoms with Gasteiger partial charge in [-0.2, -0.15) is 0 Å². The lowest BCUT2D eigenvalue weighted by Crippen LogP contribution is -2.09. The topological polar surface area (TPSA) is 3.24 Å². The third-order valence-electron chi connectivity index (χ3n) is 4.19. The molecule has 3 rings (SSSR count). The van der Waals surface area contributed by atoms with E-state index >= 15 is 0 Å². The van der Waals surface area contributed by atoms with Crippen LogP contribution in [0.25, 0.3) is 12.2 Å². The first-order chi connectivity index (χ1) is 12.2. The van der Waals surface area contributed by atoms with Gasteiger partial charge in [0, 0.05) is 11.9 Å². The van der Waals surface area contributed by atoms with Crippen molar-refractivity contribution in [3.05, 3.63) is 108 Å². The Bertz CT molecular complexity index is 874. The maximum absolute atomic E-state index is 4.02. The molecule has 0 atom stereocenters. The lowest BCUT2D eigenvalue weighted by atomic mass is 10.1. The highest BCUT2D eigenvalue weighted by Crippen LogP contribution is 2.31. The quantitative estimate of drug-likeness (QED) is 0.469. The van der Waals surface area contributed by atoms with E-state index in [0.717, 1.165) is 11.4 Å². The lowest BCUT2D eigenvalue weighted by Gasteiger charge is -2.23. The molecule has 0 radical (unpaired) electrons. The molecule has 1 nitrogen and oxygen atoms in total. The van der Waals surface area contributed by atoms with Gasteiger partial charge >= 0.3 is 0 Å². The van der Waals surface area contributed by atoms with E-state index in [0.29, 0.717) is 0 Å². The van der Waals surface area contributed by atoms with Gasteiger partial charge in [0.15, 0.2) is 0 Å². The molecule has 0 bridgehead atoms. The van der Waals surface area contributed by atoms with E-state index in [1.165, 1.54) is 22.3 Å². The zero-order chi connectivity index (χ0) is 17.6. The molecule has 25 heavy (non-hydrogen) atoms. The Hall–Kier alpha value is -3.06. The third kappa shape index (κ3) is 4.07. The van der Waals surface area contributed by atoms with E-state index in [2.05, 4.69) is 104 Å². The summed E-state index contributed by atoms with van der Waals surface area (Å²) in [5.41, 5.74) is 7.08. The van der Waals surface area contributed by atoms with Crippen LogP contribution < -0.4 is 4.90 Å². The highest BCUT2D eigenvalue weighted by molar-refractivity contribution is 5.81. The van der Waals surface area contributed by atoms with Crippen molar-refractivity contribution >= 4 is 23.5 Å². The van der Waals surface area contributed by atoms with Gasteiger partial charge in [0.2, 0.25) is 0 Å². The molecule has 0 spiro atoms. The molecule has 0 saturated carbocycles. The van der Waals surface area contributed by atoms with Crippen LogP contribution in [0.15, 0.2) is 85.6 Å². The summed E-state index contributed by atoms with van der Waals surface area (Å²) in [6.07, 6.45) is 6.19. The van der Waals surface area contributed by atoms with Crippen molar-refractivity contribution in [1.29, 1.82) is 0 Å². The SMILES string of the molecule is C=CN(c1ccc(C)cc1)c1ccc(C)cc1C=Cc1ccccc1. The predicted molar refractivity (Wildman–Crippen MR) is 110 cm³/mol. The van der Waals surface area contributed by atoms with Gasteiger partial charge in [-0.25, -0.2) is 0 Å². The number of aryl methyl sites for hydroxylation is 2. The molecule has 0 fully saturated rings. The van der Waals surface area contributed by atoms with Crippen molar-refractivity contribution in [3.63, 3.8) is 0 Å². The van der Waals surface area contributed by atoms with E-state index < -0.39 is 0 Å². The van der Waals surface area contributed by atoms with Crippen molar-refractivity contribution < 1.29 is 0 Å². The molecule has 1 heteroatoms. The van der Waals surface area contributed by atoms with Crippen molar-refractivity contribution in [2.24, 2.45) is 0 Å². The number of nitrogens with zero attached hydrogens (tertiary/aromatic N) is 1. The van der Waals surface area contributed by atoms with Gasteiger partial charge in [-0.1, -0.05) is 78.4 Å². The molecule has 0 heterocycles. The Labute approximate surface area is 150 Å². The fourth-order valence-electron chi connectivity index (χ4n) is 2.83. The fraction of sp³-hybridized carbons (Fsp3) is 0.0833.